The second kappa shape index (κ2) is 7.00. The molecule has 0 saturated carbocycles. The second-order valence-electron chi connectivity index (χ2n) is 3.60. The summed E-state index contributed by atoms with van der Waals surface area (Å²) in [7, 11) is 1.46. The van der Waals surface area contributed by atoms with Crippen molar-refractivity contribution in [1.82, 2.24) is 5.43 Å². The van der Waals surface area contributed by atoms with Crippen LogP contribution in [0.2, 0.25) is 0 Å². The number of methoxy groups -OCH3 is 1. The lowest BCUT2D eigenvalue weighted by Crippen LogP contribution is -2.16. The molecule has 1 aromatic carbocycles. The summed E-state index contributed by atoms with van der Waals surface area (Å²) in [4.78, 5) is 11.2. The SMILES string of the molecule is CCCC(=O)N/N=C\c1cc(Br)c(O)c(OC)c1. The lowest BCUT2D eigenvalue weighted by molar-refractivity contribution is -0.121. The summed E-state index contributed by atoms with van der Waals surface area (Å²) in [6.45, 7) is 1.92. The van der Waals surface area contributed by atoms with Gasteiger partial charge in [-0.3, -0.25) is 4.79 Å². The van der Waals surface area contributed by atoms with E-state index in [9.17, 15) is 9.90 Å². The fourth-order valence-corrected chi connectivity index (χ4v) is 1.75. The molecule has 6 heteroatoms. The van der Waals surface area contributed by atoms with Crippen LogP contribution in [0.5, 0.6) is 11.5 Å². The smallest absolute Gasteiger partial charge is 0.240 e. The highest BCUT2D eigenvalue weighted by Crippen LogP contribution is 2.34. The fourth-order valence-electron chi connectivity index (χ4n) is 1.29. The first-order valence-electron chi connectivity index (χ1n) is 5.46. The summed E-state index contributed by atoms with van der Waals surface area (Å²) < 4.78 is 5.51. The molecule has 0 aromatic heterocycles. The molecule has 1 amide bonds. The Kier molecular flexibility index (Phi) is 5.64. The van der Waals surface area contributed by atoms with E-state index in [0.29, 0.717) is 22.2 Å². The molecule has 0 aliphatic carbocycles. The molecule has 0 aliphatic rings. The quantitative estimate of drug-likeness (QED) is 0.647. The number of rotatable bonds is 5. The maximum Gasteiger partial charge on any atom is 0.240 e. The molecule has 0 bridgehead atoms. The van der Waals surface area contributed by atoms with Crippen molar-refractivity contribution >= 4 is 28.1 Å². The van der Waals surface area contributed by atoms with Gasteiger partial charge in [0.1, 0.15) is 0 Å². The molecule has 98 valence electrons. The van der Waals surface area contributed by atoms with E-state index in [-0.39, 0.29) is 11.7 Å². The Bertz CT molecular complexity index is 461. The number of phenolic OH excluding ortho intramolecular Hbond substituents is 1. The number of carbonyl (C=O) groups excluding carboxylic acids is 1. The number of carbonyl (C=O) groups is 1. The number of nitrogens with one attached hydrogen (secondary N) is 1. The summed E-state index contributed by atoms with van der Waals surface area (Å²) in [5.41, 5.74) is 3.12. The second-order valence-corrected chi connectivity index (χ2v) is 4.45. The van der Waals surface area contributed by atoms with Crippen LogP contribution in [0.4, 0.5) is 0 Å². The van der Waals surface area contributed by atoms with Crippen molar-refractivity contribution in [2.24, 2.45) is 5.10 Å². The van der Waals surface area contributed by atoms with Crippen LogP contribution in [-0.4, -0.2) is 24.3 Å². The van der Waals surface area contributed by atoms with Gasteiger partial charge < -0.3 is 9.84 Å². The Balaban J connectivity index is 2.76. The topological polar surface area (TPSA) is 70.9 Å². The van der Waals surface area contributed by atoms with Gasteiger partial charge in [-0.1, -0.05) is 6.92 Å². The van der Waals surface area contributed by atoms with Gasteiger partial charge in [-0.15, -0.1) is 0 Å². The molecular formula is C12H15BrN2O3. The van der Waals surface area contributed by atoms with Gasteiger partial charge in [0.2, 0.25) is 5.91 Å². The lowest BCUT2D eigenvalue weighted by Gasteiger charge is -2.06. The van der Waals surface area contributed by atoms with Gasteiger partial charge in [-0.05, 0) is 40.0 Å². The number of halogens is 1. The van der Waals surface area contributed by atoms with E-state index >= 15 is 0 Å². The number of hydrazone groups is 1. The fraction of sp³-hybridized carbons (Fsp3) is 0.333. The molecule has 0 radical (unpaired) electrons. The highest BCUT2D eigenvalue weighted by Gasteiger charge is 2.07. The van der Waals surface area contributed by atoms with E-state index in [1.54, 1.807) is 12.1 Å². The number of hydrogen-bond acceptors (Lipinski definition) is 4. The Morgan fingerprint density at radius 3 is 2.94 bits per heavy atom. The number of amides is 1. The molecular weight excluding hydrogens is 300 g/mol. The summed E-state index contributed by atoms with van der Waals surface area (Å²) in [6.07, 6.45) is 2.71. The first kappa shape index (κ1) is 14.5. The highest BCUT2D eigenvalue weighted by atomic mass is 79.9. The van der Waals surface area contributed by atoms with Crippen molar-refractivity contribution in [2.45, 2.75) is 19.8 Å². The summed E-state index contributed by atoms with van der Waals surface area (Å²) >= 11 is 3.20. The van der Waals surface area contributed by atoms with Gasteiger partial charge in [0.05, 0.1) is 17.8 Å². The predicted molar refractivity (Wildman–Crippen MR) is 73.0 cm³/mol. The minimum atomic E-state index is -0.126. The van der Waals surface area contributed by atoms with Gasteiger partial charge in [0, 0.05) is 6.42 Å². The van der Waals surface area contributed by atoms with E-state index in [1.165, 1.54) is 13.3 Å². The molecule has 1 aromatic rings. The largest absolute Gasteiger partial charge is 0.503 e. The average molecular weight is 315 g/mol. The van der Waals surface area contributed by atoms with Crippen molar-refractivity contribution < 1.29 is 14.6 Å². The van der Waals surface area contributed by atoms with Crippen molar-refractivity contribution in [2.75, 3.05) is 7.11 Å². The van der Waals surface area contributed by atoms with Crippen LogP contribution in [-0.2, 0) is 4.79 Å². The van der Waals surface area contributed by atoms with Gasteiger partial charge in [0.25, 0.3) is 0 Å². The zero-order chi connectivity index (χ0) is 13.5. The molecule has 18 heavy (non-hydrogen) atoms. The monoisotopic (exact) mass is 314 g/mol. The van der Waals surface area contributed by atoms with Crippen LogP contribution in [0, 0.1) is 0 Å². The normalized spacial score (nSPS) is 10.6. The summed E-state index contributed by atoms with van der Waals surface area (Å²) in [5, 5.41) is 13.4. The molecule has 0 atom stereocenters. The summed E-state index contributed by atoms with van der Waals surface area (Å²) in [6, 6.07) is 3.29. The Labute approximate surface area is 114 Å². The number of benzene rings is 1. The molecule has 2 N–H and O–H groups in total. The van der Waals surface area contributed by atoms with E-state index in [4.69, 9.17) is 4.74 Å². The molecule has 0 unspecified atom stereocenters. The zero-order valence-electron chi connectivity index (χ0n) is 10.2. The van der Waals surface area contributed by atoms with Crippen LogP contribution < -0.4 is 10.2 Å². The van der Waals surface area contributed by atoms with Crippen LogP contribution in [0.1, 0.15) is 25.3 Å². The first-order chi connectivity index (χ1) is 8.58. The van der Waals surface area contributed by atoms with Crippen molar-refractivity contribution in [3.8, 4) is 11.5 Å². The summed E-state index contributed by atoms with van der Waals surface area (Å²) in [5.74, 6) is 0.244. The standard InChI is InChI=1S/C12H15BrN2O3/c1-3-4-11(16)15-14-7-8-5-9(13)12(17)10(6-8)18-2/h5-7,17H,3-4H2,1-2H3,(H,15,16)/b14-7-. The van der Waals surface area contributed by atoms with E-state index in [1.807, 2.05) is 6.92 Å². The Morgan fingerprint density at radius 2 is 2.33 bits per heavy atom. The molecule has 0 fully saturated rings. The van der Waals surface area contributed by atoms with Gasteiger partial charge >= 0.3 is 0 Å². The minimum absolute atomic E-state index is 0.0321. The van der Waals surface area contributed by atoms with Crippen LogP contribution in [0.3, 0.4) is 0 Å². The zero-order valence-corrected chi connectivity index (χ0v) is 11.8. The third kappa shape index (κ3) is 4.03. The van der Waals surface area contributed by atoms with E-state index in [0.717, 1.165) is 6.42 Å². The maximum absolute atomic E-state index is 11.2. The number of phenols is 1. The van der Waals surface area contributed by atoms with Gasteiger partial charge in [-0.2, -0.15) is 5.10 Å². The third-order valence-corrected chi connectivity index (χ3v) is 2.76. The first-order valence-corrected chi connectivity index (χ1v) is 6.26. The van der Waals surface area contributed by atoms with Crippen LogP contribution >= 0.6 is 15.9 Å². The molecule has 0 aliphatic heterocycles. The van der Waals surface area contributed by atoms with Crippen molar-refractivity contribution in [1.29, 1.82) is 0 Å². The number of ether oxygens (including phenoxy) is 1. The van der Waals surface area contributed by atoms with Gasteiger partial charge in [0.15, 0.2) is 11.5 Å². The Morgan fingerprint density at radius 1 is 1.61 bits per heavy atom. The molecule has 0 heterocycles. The Hall–Kier alpha value is -1.56. The number of hydrogen-bond donors (Lipinski definition) is 2. The van der Waals surface area contributed by atoms with Gasteiger partial charge in [-0.25, -0.2) is 5.43 Å². The van der Waals surface area contributed by atoms with Crippen LogP contribution in [0.15, 0.2) is 21.7 Å². The molecule has 5 nitrogen and oxygen atoms in total. The highest BCUT2D eigenvalue weighted by molar-refractivity contribution is 9.10. The predicted octanol–water partition coefficient (Wildman–Crippen LogP) is 2.41. The van der Waals surface area contributed by atoms with E-state index in [2.05, 4.69) is 26.5 Å². The number of nitrogens with zero attached hydrogens (tertiary/aromatic N) is 1. The molecule has 0 saturated heterocycles. The van der Waals surface area contributed by atoms with Crippen LogP contribution in [0.25, 0.3) is 0 Å². The maximum atomic E-state index is 11.2. The minimum Gasteiger partial charge on any atom is -0.503 e. The lowest BCUT2D eigenvalue weighted by atomic mass is 10.2. The third-order valence-electron chi connectivity index (χ3n) is 2.15. The molecule has 1 rings (SSSR count). The van der Waals surface area contributed by atoms with Crippen molar-refractivity contribution in [3.05, 3.63) is 22.2 Å². The average Bonchev–Trinajstić information content (AvgIpc) is 2.33. The number of aromatic hydroxyl groups is 1. The molecule has 0 spiro atoms. The van der Waals surface area contributed by atoms with Crippen molar-refractivity contribution in [3.63, 3.8) is 0 Å². The van der Waals surface area contributed by atoms with E-state index < -0.39 is 0 Å².